The summed E-state index contributed by atoms with van der Waals surface area (Å²) in [6, 6.07) is 7.29. The van der Waals surface area contributed by atoms with Crippen LogP contribution in [-0.4, -0.2) is 45.7 Å². The Morgan fingerprint density at radius 2 is 2.00 bits per heavy atom. The largest absolute Gasteiger partial charge is 0.504 e. The molecule has 0 unspecified atom stereocenters. The molecule has 180 valence electrons. The second-order valence-electron chi connectivity index (χ2n) is 10.2. The maximum Gasteiger partial charge on any atom is 0.217 e. The van der Waals surface area contributed by atoms with Gasteiger partial charge in [0, 0.05) is 41.3 Å². The number of aromatic hydroxyl groups is 1. The molecule has 1 amide bonds. The van der Waals surface area contributed by atoms with Gasteiger partial charge in [-0.05, 0) is 42.9 Å². The molecule has 0 atom stereocenters. The van der Waals surface area contributed by atoms with Gasteiger partial charge in [0.1, 0.15) is 11.5 Å². The van der Waals surface area contributed by atoms with E-state index in [-0.39, 0.29) is 42.7 Å². The van der Waals surface area contributed by atoms with Crippen LogP contribution < -0.4 is 10.5 Å². The van der Waals surface area contributed by atoms with Crippen LogP contribution in [0.4, 0.5) is 0 Å². The lowest BCUT2D eigenvalue weighted by molar-refractivity contribution is -0.118. The minimum absolute atomic E-state index is 0.0127. The monoisotopic (exact) mass is 464 g/mol. The number of amidine groups is 1. The highest BCUT2D eigenvalue weighted by Gasteiger charge is 2.32. The van der Waals surface area contributed by atoms with Crippen molar-refractivity contribution in [2.24, 2.45) is 5.73 Å². The zero-order valence-electron chi connectivity index (χ0n) is 20.0. The van der Waals surface area contributed by atoms with Crippen molar-refractivity contribution in [3.05, 3.63) is 52.3 Å². The third kappa shape index (κ3) is 5.05. The van der Waals surface area contributed by atoms with Gasteiger partial charge in [0.2, 0.25) is 5.91 Å². The minimum atomic E-state index is -0.425. The summed E-state index contributed by atoms with van der Waals surface area (Å²) in [5.74, 6) is 0.371. The van der Waals surface area contributed by atoms with Gasteiger partial charge in [0.15, 0.2) is 17.3 Å². The van der Waals surface area contributed by atoms with Gasteiger partial charge in [-0.15, -0.1) is 0 Å². The molecule has 4 rings (SSSR count). The molecule has 0 bridgehead atoms. The van der Waals surface area contributed by atoms with Gasteiger partial charge in [-0.25, -0.2) is 4.98 Å². The quantitative estimate of drug-likeness (QED) is 0.384. The Morgan fingerprint density at radius 3 is 2.65 bits per heavy atom. The number of fused-ring (bicyclic) bond motifs is 1. The van der Waals surface area contributed by atoms with Crippen LogP contribution in [0.2, 0.25) is 0 Å². The number of carbonyl (C=O) groups is 2. The van der Waals surface area contributed by atoms with E-state index in [4.69, 9.17) is 15.9 Å². The number of ether oxygens (including phenoxy) is 1. The van der Waals surface area contributed by atoms with E-state index in [1.54, 1.807) is 11.0 Å². The first-order valence-electron chi connectivity index (χ1n) is 11.7. The standard InChI is InChI=1S/C26H32N4O4/c1-26(2,3)18-11-17(12-21(24(18)33)34-10-4-5-22(27)32)20(31)14-30-13-16-8-9-19(15-6-7-15)29-23(16)25(30)28/h8-9,11-12,15,28,33H,4-7,10,13-14H2,1-3H3,(H2,27,32). The molecular weight excluding hydrogens is 432 g/mol. The van der Waals surface area contributed by atoms with Gasteiger partial charge < -0.3 is 20.5 Å². The van der Waals surface area contributed by atoms with Gasteiger partial charge in [0.05, 0.1) is 13.2 Å². The highest BCUT2D eigenvalue weighted by Crippen LogP contribution is 2.40. The number of amides is 1. The Balaban J connectivity index is 1.53. The van der Waals surface area contributed by atoms with Crippen LogP contribution >= 0.6 is 0 Å². The van der Waals surface area contributed by atoms with E-state index < -0.39 is 11.3 Å². The molecule has 0 saturated heterocycles. The number of rotatable bonds is 9. The first-order chi connectivity index (χ1) is 16.0. The summed E-state index contributed by atoms with van der Waals surface area (Å²) in [4.78, 5) is 30.7. The Hall–Kier alpha value is -3.42. The van der Waals surface area contributed by atoms with Gasteiger partial charge in [-0.3, -0.25) is 15.0 Å². The number of aromatic nitrogens is 1. The van der Waals surface area contributed by atoms with Crippen molar-refractivity contribution >= 4 is 17.5 Å². The summed E-state index contributed by atoms with van der Waals surface area (Å²) in [6.45, 7) is 6.54. The summed E-state index contributed by atoms with van der Waals surface area (Å²) in [6.07, 6.45) is 2.88. The van der Waals surface area contributed by atoms with E-state index in [0.717, 1.165) is 24.1 Å². The molecule has 8 heteroatoms. The number of phenolic OH excluding ortho intramolecular Hbond substituents is 1. The van der Waals surface area contributed by atoms with E-state index in [9.17, 15) is 14.7 Å². The molecule has 1 aromatic carbocycles. The average Bonchev–Trinajstić information content (AvgIpc) is 3.57. The first-order valence-corrected chi connectivity index (χ1v) is 11.7. The number of nitrogens with one attached hydrogen (secondary N) is 1. The van der Waals surface area contributed by atoms with Crippen molar-refractivity contribution in [1.29, 1.82) is 5.41 Å². The second-order valence-corrected chi connectivity index (χ2v) is 10.2. The number of pyridine rings is 1. The molecule has 8 nitrogen and oxygen atoms in total. The number of benzene rings is 1. The molecule has 0 radical (unpaired) electrons. The first kappa shape index (κ1) is 23.7. The zero-order valence-corrected chi connectivity index (χ0v) is 20.0. The Morgan fingerprint density at radius 1 is 1.26 bits per heavy atom. The number of primary amides is 1. The molecule has 4 N–H and O–H groups in total. The van der Waals surface area contributed by atoms with Crippen molar-refractivity contribution in [3.63, 3.8) is 0 Å². The maximum absolute atomic E-state index is 13.3. The summed E-state index contributed by atoms with van der Waals surface area (Å²) >= 11 is 0. The van der Waals surface area contributed by atoms with Crippen molar-refractivity contribution in [2.45, 2.75) is 64.3 Å². The Kier molecular flexibility index (Phi) is 6.34. The zero-order chi connectivity index (χ0) is 24.6. The van der Waals surface area contributed by atoms with Crippen LogP contribution in [0.5, 0.6) is 11.5 Å². The van der Waals surface area contributed by atoms with Crippen molar-refractivity contribution in [1.82, 2.24) is 9.88 Å². The van der Waals surface area contributed by atoms with E-state index in [1.165, 1.54) is 6.07 Å². The Labute approximate surface area is 199 Å². The number of carbonyl (C=O) groups excluding carboxylic acids is 2. The van der Waals surface area contributed by atoms with Crippen LogP contribution in [-0.2, 0) is 16.8 Å². The van der Waals surface area contributed by atoms with Gasteiger partial charge in [-0.1, -0.05) is 26.8 Å². The van der Waals surface area contributed by atoms with Gasteiger partial charge in [0.25, 0.3) is 0 Å². The normalized spacial score (nSPS) is 15.4. The predicted octanol–water partition coefficient (Wildman–Crippen LogP) is 3.63. The molecule has 1 fully saturated rings. The van der Waals surface area contributed by atoms with E-state index in [0.29, 0.717) is 35.7 Å². The molecule has 0 spiro atoms. The predicted molar refractivity (Wildman–Crippen MR) is 129 cm³/mol. The lowest BCUT2D eigenvalue weighted by Crippen LogP contribution is -2.30. The fourth-order valence-corrected chi connectivity index (χ4v) is 4.16. The highest BCUT2D eigenvalue weighted by molar-refractivity contribution is 6.04. The van der Waals surface area contributed by atoms with E-state index >= 15 is 0 Å². The van der Waals surface area contributed by atoms with Crippen LogP contribution in [0.1, 0.15) is 85.2 Å². The summed E-state index contributed by atoms with van der Waals surface area (Å²) in [5.41, 5.74) is 8.41. The molecule has 1 aromatic heterocycles. The van der Waals surface area contributed by atoms with Gasteiger partial charge >= 0.3 is 0 Å². The number of Topliss-reactive ketones (excluding diaryl/α,β-unsaturated/α-hetero) is 1. The van der Waals surface area contributed by atoms with Crippen LogP contribution in [0, 0.1) is 5.41 Å². The molecule has 1 aliphatic carbocycles. The number of hydrogen-bond donors (Lipinski definition) is 3. The van der Waals surface area contributed by atoms with E-state index in [2.05, 4.69) is 4.98 Å². The molecule has 1 saturated carbocycles. The van der Waals surface area contributed by atoms with Crippen molar-refractivity contribution < 1.29 is 19.4 Å². The molecule has 2 aliphatic rings. The van der Waals surface area contributed by atoms with Crippen molar-refractivity contribution in [2.75, 3.05) is 13.2 Å². The van der Waals surface area contributed by atoms with Crippen LogP contribution in [0.3, 0.4) is 0 Å². The topological polar surface area (TPSA) is 130 Å². The number of phenols is 1. The average molecular weight is 465 g/mol. The third-order valence-electron chi connectivity index (χ3n) is 6.26. The molecule has 1 aliphatic heterocycles. The number of nitrogens with zero attached hydrogens (tertiary/aromatic N) is 2. The lowest BCUT2D eigenvalue weighted by Gasteiger charge is -2.24. The molecule has 2 aromatic rings. The van der Waals surface area contributed by atoms with E-state index in [1.807, 2.05) is 32.9 Å². The molecular formula is C26H32N4O4. The Bertz CT molecular complexity index is 1150. The highest BCUT2D eigenvalue weighted by atomic mass is 16.5. The maximum atomic E-state index is 13.3. The SMILES string of the molecule is CC(C)(C)c1cc(C(=O)CN2Cc3ccc(C4CC4)nc3C2=N)cc(OCCCC(N)=O)c1O. The number of ketones is 1. The summed E-state index contributed by atoms with van der Waals surface area (Å²) in [7, 11) is 0. The fraction of sp³-hybridized carbons (Fsp3) is 0.462. The van der Waals surface area contributed by atoms with Crippen molar-refractivity contribution in [3.8, 4) is 11.5 Å². The number of nitrogens with two attached hydrogens (primary N) is 1. The summed E-state index contributed by atoms with van der Waals surface area (Å²) in [5, 5.41) is 19.4. The fourth-order valence-electron chi connectivity index (χ4n) is 4.16. The van der Waals surface area contributed by atoms with Crippen LogP contribution in [0.25, 0.3) is 0 Å². The third-order valence-corrected chi connectivity index (χ3v) is 6.26. The lowest BCUT2D eigenvalue weighted by atomic mass is 9.84. The molecule has 34 heavy (non-hydrogen) atoms. The van der Waals surface area contributed by atoms with Gasteiger partial charge in [-0.2, -0.15) is 0 Å². The minimum Gasteiger partial charge on any atom is -0.504 e. The summed E-state index contributed by atoms with van der Waals surface area (Å²) < 4.78 is 5.72. The smallest absolute Gasteiger partial charge is 0.217 e. The second kappa shape index (κ2) is 9.08. The molecule has 2 heterocycles. The van der Waals surface area contributed by atoms with Crippen LogP contribution in [0.15, 0.2) is 24.3 Å². The number of hydrogen-bond acceptors (Lipinski definition) is 6.